The Morgan fingerprint density at radius 1 is 0.897 bits per heavy atom. The van der Waals surface area contributed by atoms with Gasteiger partial charge in [-0.1, -0.05) is 48.0 Å². The van der Waals surface area contributed by atoms with Gasteiger partial charge in [-0.2, -0.15) is 0 Å². The number of Topliss-reactive ketones (excluding diaryl/α,β-unsaturated/α-hetero) is 1. The Morgan fingerprint density at radius 2 is 1.62 bits per heavy atom. The minimum atomic E-state index is -0.452. The molecule has 0 fully saturated rings. The Morgan fingerprint density at radius 3 is 2.31 bits per heavy atom. The zero-order chi connectivity index (χ0) is 27.7. The molecule has 2 atom stereocenters. The molecule has 5 rings (SSSR count). The molecule has 1 heterocycles. The van der Waals surface area contributed by atoms with Crippen LogP contribution in [0.4, 0.5) is 5.69 Å². The van der Waals surface area contributed by atoms with Crippen molar-refractivity contribution in [3.8, 4) is 11.5 Å². The molecule has 2 aliphatic rings. The molecule has 3 aromatic carbocycles. The predicted octanol–water partition coefficient (Wildman–Crippen LogP) is 6.32. The van der Waals surface area contributed by atoms with Gasteiger partial charge in [-0.3, -0.25) is 9.59 Å². The van der Waals surface area contributed by atoms with Gasteiger partial charge in [0.25, 0.3) is 5.91 Å². The van der Waals surface area contributed by atoms with E-state index in [9.17, 15) is 9.59 Å². The van der Waals surface area contributed by atoms with Crippen molar-refractivity contribution in [1.29, 1.82) is 0 Å². The Balaban J connectivity index is 1.55. The summed E-state index contributed by atoms with van der Waals surface area (Å²) in [6.07, 6.45) is 1.01. The fourth-order valence-electron chi connectivity index (χ4n) is 5.74. The number of dihydropyridines is 1. The van der Waals surface area contributed by atoms with E-state index in [0.29, 0.717) is 35.5 Å². The van der Waals surface area contributed by atoms with Gasteiger partial charge in [-0.15, -0.1) is 0 Å². The zero-order valence-corrected chi connectivity index (χ0v) is 23.1. The van der Waals surface area contributed by atoms with Crippen molar-refractivity contribution in [2.45, 2.75) is 45.4 Å². The van der Waals surface area contributed by atoms with E-state index in [1.807, 2.05) is 87.5 Å². The maximum absolute atomic E-state index is 13.9. The lowest BCUT2D eigenvalue weighted by atomic mass is 9.71. The molecule has 39 heavy (non-hydrogen) atoms. The van der Waals surface area contributed by atoms with Crippen LogP contribution in [0.3, 0.4) is 0 Å². The lowest BCUT2D eigenvalue weighted by Crippen LogP contribution is -2.37. The topological polar surface area (TPSA) is 76.7 Å². The second-order valence-corrected chi connectivity index (χ2v) is 10.3. The number of ether oxygens (including phenoxy) is 2. The molecule has 6 nitrogen and oxygen atoms in total. The summed E-state index contributed by atoms with van der Waals surface area (Å²) in [7, 11) is 3.22. The van der Waals surface area contributed by atoms with Gasteiger partial charge in [-0.25, -0.2) is 0 Å². The third-order valence-electron chi connectivity index (χ3n) is 7.76. The number of hydrogen-bond donors (Lipinski definition) is 2. The number of anilines is 1. The van der Waals surface area contributed by atoms with E-state index in [4.69, 9.17) is 9.47 Å². The van der Waals surface area contributed by atoms with E-state index in [1.54, 1.807) is 14.2 Å². The Bertz CT molecular complexity index is 1500. The van der Waals surface area contributed by atoms with Gasteiger partial charge in [0.1, 0.15) is 0 Å². The standard InChI is InChI=1S/C33H34N2O4/c1-19-10-13-24(14-11-19)35-33(37)30-21(3)34-26-16-23(22-12-15-28(38-4)29(18-22)39-5)17-27(36)32(26)31(30)25-9-7-6-8-20(25)2/h6-15,18,23,31,34H,16-17H2,1-5H3,(H,35,37)/t23-,31-/m1/s1. The largest absolute Gasteiger partial charge is 0.493 e. The van der Waals surface area contributed by atoms with Gasteiger partial charge < -0.3 is 20.1 Å². The molecule has 0 saturated heterocycles. The fraction of sp³-hybridized carbons (Fsp3) is 0.273. The number of aryl methyl sites for hydroxylation is 2. The molecule has 1 aliphatic carbocycles. The van der Waals surface area contributed by atoms with Crippen LogP contribution in [0.15, 0.2) is 89.3 Å². The van der Waals surface area contributed by atoms with Crippen molar-refractivity contribution in [3.05, 3.63) is 112 Å². The summed E-state index contributed by atoms with van der Waals surface area (Å²) < 4.78 is 10.9. The summed E-state index contributed by atoms with van der Waals surface area (Å²) in [4.78, 5) is 27.7. The number of hydrogen-bond acceptors (Lipinski definition) is 5. The molecule has 6 heteroatoms. The Kier molecular flexibility index (Phi) is 7.29. The number of nitrogens with one attached hydrogen (secondary N) is 2. The molecule has 200 valence electrons. The van der Waals surface area contributed by atoms with Crippen LogP contribution >= 0.6 is 0 Å². The lowest BCUT2D eigenvalue weighted by Gasteiger charge is -2.37. The smallest absolute Gasteiger partial charge is 0.254 e. The number of methoxy groups -OCH3 is 2. The monoisotopic (exact) mass is 522 g/mol. The summed E-state index contributed by atoms with van der Waals surface area (Å²) >= 11 is 0. The van der Waals surface area contributed by atoms with Crippen LogP contribution in [-0.2, 0) is 9.59 Å². The molecule has 0 radical (unpaired) electrons. The van der Waals surface area contributed by atoms with Crippen LogP contribution in [-0.4, -0.2) is 25.9 Å². The minimum Gasteiger partial charge on any atom is -0.493 e. The third-order valence-corrected chi connectivity index (χ3v) is 7.76. The van der Waals surface area contributed by atoms with Crippen LogP contribution in [0.5, 0.6) is 11.5 Å². The second-order valence-electron chi connectivity index (χ2n) is 10.3. The summed E-state index contributed by atoms with van der Waals surface area (Å²) in [6, 6.07) is 21.6. The summed E-state index contributed by atoms with van der Waals surface area (Å²) in [5, 5.41) is 6.53. The van der Waals surface area contributed by atoms with E-state index in [-0.39, 0.29) is 17.6 Å². The number of amides is 1. The average Bonchev–Trinajstić information content (AvgIpc) is 2.93. The van der Waals surface area contributed by atoms with Gasteiger partial charge >= 0.3 is 0 Å². The Hall–Kier alpha value is -4.32. The first-order valence-corrected chi connectivity index (χ1v) is 13.2. The molecule has 3 aromatic rings. The number of carbonyl (C=O) groups is 2. The van der Waals surface area contributed by atoms with Crippen molar-refractivity contribution < 1.29 is 19.1 Å². The second kappa shape index (κ2) is 10.8. The van der Waals surface area contributed by atoms with Crippen molar-refractivity contribution in [2.75, 3.05) is 19.5 Å². The lowest BCUT2D eigenvalue weighted by molar-refractivity contribution is -0.116. The number of allylic oxidation sites excluding steroid dienone is 3. The van der Waals surface area contributed by atoms with E-state index in [2.05, 4.69) is 10.6 Å². The van der Waals surface area contributed by atoms with Crippen LogP contribution < -0.4 is 20.1 Å². The third kappa shape index (κ3) is 5.07. The van der Waals surface area contributed by atoms with Gasteiger partial charge in [0, 0.05) is 40.6 Å². The molecule has 0 saturated carbocycles. The maximum atomic E-state index is 13.9. The highest BCUT2D eigenvalue weighted by molar-refractivity contribution is 6.10. The van der Waals surface area contributed by atoms with Gasteiger partial charge in [0.2, 0.25) is 0 Å². The molecular formula is C33H34N2O4. The Labute approximate surface area is 229 Å². The van der Waals surface area contributed by atoms with Crippen molar-refractivity contribution in [1.82, 2.24) is 5.32 Å². The molecule has 1 amide bonds. The number of carbonyl (C=O) groups excluding carboxylic acids is 2. The number of rotatable bonds is 6. The summed E-state index contributed by atoms with van der Waals surface area (Å²) in [5.41, 5.74) is 7.76. The minimum absolute atomic E-state index is 0.0168. The molecule has 0 aromatic heterocycles. The van der Waals surface area contributed by atoms with Crippen LogP contribution in [0.1, 0.15) is 53.9 Å². The SMILES string of the molecule is COc1ccc([C@H]2CC(=O)C3=C(C2)NC(C)=C(C(=O)Nc2ccc(C)cc2)[C@H]3c2ccccc2C)cc1OC. The van der Waals surface area contributed by atoms with E-state index in [1.165, 1.54) is 0 Å². The first-order valence-electron chi connectivity index (χ1n) is 13.2. The van der Waals surface area contributed by atoms with Crippen LogP contribution in [0.25, 0.3) is 0 Å². The van der Waals surface area contributed by atoms with E-state index >= 15 is 0 Å². The molecule has 0 bridgehead atoms. The van der Waals surface area contributed by atoms with Gasteiger partial charge in [0.15, 0.2) is 17.3 Å². The molecular weight excluding hydrogens is 488 g/mol. The number of benzene rings is 3. The first kappa shape index (κ1) is 26.3. The summed E-state index contributed by atoms with van der Waals surface area (Å²) in [6.45, 7) is 5.96. The van der Waals surface area contributed by atoms with Gasteiger partial charge in [0.05, 0.1) is 14.2 Å². The highest BCUT2D eigenvalue weighted by atomic mass is 16.5. The molecule has 2 N–H and O–H groups in total. The zero-order valence-electron chi connectivity index (χ0n) is 23.1. The van der Waals surface area contributed by atoms with Crippen molar-refractivity contribution in [2.24, 2.45) is 0 Å². The molecule has 0 spiro atoms. The van der Waals surface area contributed by atoms with Crippen molar-refractivity contribution in [3.63, 3.8) is 0 Å². The molecule has 1 aliphatic heterocycles. The van der Waals surface area contributed by atoms with Crippen molar-refractivity contribution >= 4 is 17.4 Å². The first-order chi connectivity index (χ1) is 18.8. The normalized spacial score (nSPS) is 18.8. The van der Waals surface area contributed by atoms with E-state index in [0.717, 1.165) is 39.3 Å². The number of ketones is 1. The van der Waals surface area contributed by atoms with E-state index < -0.39 is 5.92 Å². The maximum Gasteiger partial charge on any atom is 0.254 e. The quantitative estimate of drug-likeness (QED) is 0.396. The van der Waals surface area contributed by atoms with Crippen LogP contribution in [0.2, 0.25) is 0 Å². The fourth-order valence-corrected chi connectivity index (χ4v) is 5.74. The predicted molar refractivity (Wildman–Crippen MR) is 153 cm³/mol. The average molecular weight is 523 g/mol. The highest BCUT2D eigenvalue weighted by Gasteiger charge is 2.41. The van der Waals surface area contributed by atoms with Gasteiger partial charge in [-0.05, 0) is 74.1 Å². The highest BCUT2D eigenvalue weighted by Crippen LogP contribution is 2.47. The molecule has 0 unspecified atom stereocenters. The van der Waals surface area contributed by atoms with Crippen LogP contribution in [0, 0.1) is 13.8 Å². The summed E-state index contributed by atoms with van der Waals surface area (Å²) in [5.74, 6) is 0.663.